The van der Waals surface area contributed by atoms with Gasteiger partial charge in [0.1, 0.15) is 22.2 Å². The van der Waals surface area contributed by atoms with E-state index in [0.717, 1.165) is 17.0 Å². The van der Waals surface area contributed by atoms with Crippen LogP contribution in [0.3, 0.4) is 0 Å². The van der Waals surface area contributed by atoms with Crippen LogP contribution in [0.5, 0.6) is 11.5 Å². The zero-order chi connectivity index (χ0) is 20.3. The second-order valence-electron chi connectivity index (χ2n) is 6.22. The minimum Gasteiger partial charge on any atom is -0.508 e. The smallest absolute Gasteiger partial charge is 0.267 e. The number of phenolic OH excluding ortho intramolecular Hbond substituents is 1. The monoisotopic (exact) mass is 398 g/mol. The number of thiazole rings is 1. The predicted octanol–water partition coefficient (Wildman–Crippen LogP) is 4.56. The lowest BCUT2D eigenvalue weighted by Crippen LogP contribution is -2.12. The summed E-state index contributed by atoms with van der Waals surface area (Å²) in [6.07, 6.45) is 1.51. The Morgan fingerprint density at radius 1 is 1.21 bits per heavy atom. The van der Waals surface area contributed by atoms with Crippen LogP contribution in [0.4, 0.5) is 16.6 Å². The number of hydrogen-bond donors (Lipinski definition) is 3. The highest BCUT2D eigenvalue weighted by Gasteiger charge is 2.15. The number of nitrogens with zero attached hydrogens (tertiary/aromatic N) is 2. The van der Waals surface area contributed by atoms with E-state index in [1.54, 1.807) is 25.1 Å². The van der Waals surface area contributed by atoms with Crippen LogP contribution in [0.15, 0.2) is 30.5 Å². The number of aromatic hydroxyl groups is 1. The fraction of sp³-hybridized carbons (Fsp3) is 0.250. The second kappa shape index (κ2) is 8.26. The van der Waals surface area contributed by atoms with Gasteiger partial charge < -0.3 is 20.5 Å². The molecule has 0 bridgehead atoms. The molecule has 1 amide bonds. The van der Waals surface area contributed by atoms with Crippen LogP contribution in [0.25, 0.3) is 0 Å². The van der Waals surface area contributed by atoms with Gasteiger partial charge in [-0.2, -0.15) is 0 Å². The highest BCUT2D eigenvalue weighted by molar-refractivity contribution is 7.17. The molecule has 8 heteroatoms. The summed E-state index contributed by atoms with van der Waals surface area (Å²) in [6, 6.07) is 7.03. The van der Waals surface area contributed by atoms with E-state index in [0.29, 0.717) is 33.7 Å². The van der Waals surface area contributed by atoms with Crippen LogP contribution in [0.1, 0.15) is 33.4 Å². The largest absolute Gasteiger partial charge is 0.508 e. The summed E-state index contributed by atoms with van der Waals surface area (Å²) in [5, 5.41) is 16.4. The van der Waals surface area contributed by atoms with Crippen LogP contribution < -0.4 is 15.4 Å². The van der Waals surface area contributed by atoms with Crippen molar-refractivity contribution in [3.63, 3.8) is 0 Å². The maximum atomic E-state index is 12.6. The Bertz CT molecular complexity index is 1020. The Morgan fingerprint density at radius 3 is 2.71 bits per heavy atom. The summed E-state index contributed by atoms with van der Waals surface area (Å²) in [7, 11) is 0. The van der Waals surface area contributed by atoms with Crippen molar-refractivity contribution in [1.82, 2.24) is 9.97 Å². The topological polar surface area (TPSA) is 96.4 Å². The standard InChI is InChI=1S/C20H22N4O3S/c1-5-27-15-8-9-17(22-13(15)4)23-20-21-10-16(28-20)19(26)24-18-11(2)6-7-14(25)12(18)3/h6-10,25H,5H2,1-4H3,(H,24,26)(H,21,22,23). The molecule has 0 radical (unpaired) electrons. The van der Waals surface area contributed by atoms with E-state index < -0.39 is 0 Å². The minimum absolute atomic E-state index is 0.143. The van der Waals surface area contributed by atoms with E-state index in [4.69, 9.17) is 4.74 Å². The number of nitrogens with one attached hydrogen (secondary N) is 2. The average Bonchev–Trinajstić information content (AvgIpc) is 3.13. The van der Waals surface area contributed by atoms with Gasteiger partial charge in [-0.1, -0.05) is 17.4 Å². The maximum absolute atomic E-state index is 12.6. The van der Waals surface area contributed by atoms with Crippen molar-refractivity contribution in [2.75, 3.05) is 17.2 Å². The number of aryl methyl sites for hydroxylation is 2. The number of phenols is 1. The van der Waals surface area contributed by atoms with E-state index in [1.165, 1.54) is 17.5 Å². The minimum atomic E-state index is -0.279. The SMILES string of the molecule is CCOc1ccc(Nc2ncc(C(=O)Nc3c(C)ccc(O)c3C)s2)nc1C. The molecular weight excluding hydrogens is 376 g/mol. The van der Waals surface area contributed by atoms with Gasteiger partial charge in [0.2, 0.25) is 0 Å². The molecule has 0 saturated carbocycles. The number of aromatic nitrogens is 2. The summed E-state index contributed by atoms with van der Waals surface area (Å²) in [5.74, 6) is 1.23. The van der Waals surface area contributed by atoms with E-state index in [9.17, 15) is 9.90 Å². The molecular formula is C20H22N4O3S. The normalized spacial score (nSPS) is 10.6. The average molecular weight is 398 g/mol. The van der Waals surface area contributed by atoms with E-state index in [1.807, 2.05) is 26.8 Å². The van der Waals surface area contributed by atoms with E-state index >= 15 is 0 Å². The third-order valence-electron chi connectivity index (χ3n) is 4.18. The maximum Gasteiger partial charge on any atom is 0.267 e. The summed E-state index contributed by atoms with van der Waals surface area (Å²) in [6.45, 7) is 8.02. The Balaban J connectivity index is 1.73. The number of hydrogen-bond acceptors (Lipinski definition) is 7. The number of ether oxygens (including phenoxy) is 1. The molecule has 2 aromatic heterocycles. The molecule has 3 rings (SSSR count). The van der Waals surface area contributed by atoms with Gasteiger partial charge in [-0.15, -0.1) is 0 Å². The number of carbonyl (C=O) groups excluding carboxylic acids is 1. The Hall–Kier alpha value is -3.13. The van der Waals surface area contributed by atoms with Crippen LogP contribution in [0, 0.1) is 20.8 Å². The molecule has 1 aromatic carbocycles. The molecule has 0 atom stereocenters. The van der Waals surface area contributed by atoms with Crippen molar-refractivity contribution < 1.29 is 14.6 Å². The van der Waals surface area contributed by atoms with Crippen molar-refractivity contribution in [3.8, 4) is 11.5 Å². The quantitative estimate of drug-likeness (QED) is 0.563. The van der Waals surface area contributed by atoms with Crippen molar-refractivity contribution in [2.24, 2.45) is 0 Å². The van der Waals surface area contributed by atoms with Gasteiger partial charge in [0.25, 0.3) is 5.91 Å². The molecule has 0 aliphatic rings. The van der Waals surface area contributed by atoms with Gasteiger partial charge >= 0.3 is 0 Å². The van der Waals surface area contributed by atoms with Gasteiger partial charge in [-0.05, 0) is 51.5 Å². The van der Waals surface area contributed by atoms with Crippen LogP contribution in [-0.2, 0) is 0 Å². The molecule has 2 heterocycles. The zero-order valence-corrected chi connectivity index (χ0v) is 17.0. The summed E-state index contributed by atoms with van der Waals surface area (Å²) in [5.41, 5.74) is 2.89. The second-order valence-corrected chi connectivity index (χ2v) is 7.25. The highest BCUT2D eigenvalue weighted by Crippen LogP contribution is 2.30. The van der Waals surface area contributed by atoms with Crippen molar-refractivity contribution in [1.29, 1.82) is 0 Å². The first kappa shape index (κ1) is 19.6. The third kappa shape index (κ3) is 4.23. The molecule has 0 fully saturated rings. The van der Waals surface area contributed by atoms with Crippen LogP contribution >= 0.6 is 11.3 Å². The molecule has 0 spiro atoms. The molecule has 7 nitrogen and oxygen atoms in total. The molecule has 3 aromatic rings. The van der Waals surface area contributed by atoms with Crippen molar-refractivity contribution >= 4 is 33.9 Å². The molecule has 0 aliphatic heterocycles. The van der Waals surface area contributed by atoms with Crippen LogP contribution in [-0.4, -0.2) is 27.6 Å². The van der Waals surface area contributed by atoms with E-state index in [-0.39, 0.29) is 11.7 Å². The number of pyridine rings is 1. The van der Waals surface area contributed by atoms with Crippen molar-refractivity contribution in [3.05, 3.63) is 52.2 Å². The Labute approximate surface area is 167 Å². The van der Waals surface area contributed by atoms with Gasteiger partial charge in [0, 0.05) is 5.56 Å². The zero-order valence-electron chi connectivity index (χ0n) is 16.2. The molecule has 3 N–H and O–H groups in total. The van der Waals surface area contributed by atoms with Gasteiger partial charge in [-0.3, -0.25) is 4.79 Å². The molecule has 28 heavy (non-hydrogen) atoms. The summed E-state index contributed by atoms with van der Waals surface area (Å²) < 4.78 is 5.49. The van der Waals surface area contributed by atoms with Crippen molar-refractivity contribution in [2.45, 2.75) is 27.7 Å². The fourth-order valence-corrected chi connectivity index (χ4v) is 3.39. The lowest BCUT2D eigenvalue weighted by molar-refractivity contribution is 0.103. The fourth-order valence-electron chi connectivity index (χ4n) is 2.68. The Kier molecular flexibility index (Phi) is 5.79. The molecule has 0 unspecified atom stereocenters. The number of amides is 1. The van der Waals surface area contributed by atoms with Gasteiger partial charge in [0.05, 0.1) is 24.2 Å². The number of rotatable bonds is 6. The predicted molar refractivity (Wildman–Crippen MR) is 111 cm³/mol. The first-order chi connectivity index (χ1) is 13.4. The molecule has 0 saturated heterocycles. The van der Waals surface area contributed by atoms with Crippen LogP contribution in [0.2, 0.25) is 0 Å². The molecule has 0 aliphatic carbocycles. The van der Waals surface area contributed by atoms with Gasteiger partial charge in [-0.25, -0.2) is 9.97 Å². The van der Waals surface area contributed by atoms with E-state index in [2.05, 4.69) is 20.6 Å². The number of carbonyl (C=O) groups is 1. The lowest BCUT2D eigenvalue weighted by Gasteiger charge is -2.12. The summed E-state index contributed by atoms with van der Waals surface area (Å²) >= 11 is 1.22. The number of anilines is 3. The Morgan fingerprint density at radius 2 is 2.00 bits per heavy atom. The third-order valence-corrected chi connectivity index (χ3v) is 5.10. The number of benzene rings is 1. The lowest BCUT2D eigenvalue weighted by atomic mass is 10.1. The van der Waals surface area contributed by atoms with Gasteiger partial charge in [0.15, 0.2) is 5.13 Å². The first-order valence-corrected chi connectivity index (χ1v) is 9.64. The first-order valence-electron chi connectivity index (χ1n) is 8.82. The highest BCUT2D eigenvalue weighted by atomic mass is 32.1. The molecule has 146 valence electrons. The summed E-state index contributed by atoms with van der Waals surface area (Å²) in [4.78, 5) is 21.7.